The normalized spacial score (nSPS) is 19.9. The Morgan fingerprint density at radius 1 is 1.64 bits per heavy atom. The van der Waals surface area contributed by atoms with Crippen molar-refractivity contribution in [2.75, 3.05) is 11.9 Å². The van der Waals surface area contributed by atoms with E-state index in [1.807, 2.05) is 6.07 Å². The molecule has 1 aromatic rings. The van der Waals surface area contributed by atoms with Gasteiger partial charge in [0.1, 0.15) is 12.3 Å². The quantitative estimate of drug-likeness (QED) is 0.708. The van der Waals surface area contributed by atoms with Crippen LogP contribution in [0.1, 0.15) is 25.3 Å². The third kappa shape index (κ3) is 1.53. The van der Waals surface area contributed by atoms with E-state index in [0.717, 1.165) is 11.3 Å². The van der Waals surface area contributed by atoms with E-state index in [1.165, 1.54) is 0 Å². The van der Waals surface area contributed by atoms with Gasteiger partial charge in [0.15, 0.2) is 6.23 Å². The fraction of sp³-hybridized carbons (Fsp3) is 0.500. The van der Waals surface area contributed by atoms with Gasteiger partial charge in [-0.3, -0.25) is 0 Å². The Morgan fingerprint density at radius 2 is 2.43 bits per heavy atom. The molecule has 1 aliphatic rings. The zero-order valence-electron chi connectivity index (χ0n) is 8.32. The van der Waals surface area contributed by atoms with Gasteiger partial charge < -0.3 is 15.2 Å². The minimum atomic E-state index is -0.635. The van der Waals surface area contributed by atoms with Crippen molar-refractivity contribution >= 4 is 5.69 Å². The van der Waals surface area contributed by atoms with Crippen molar-refractivity contribution in [1.29, 1.82) is 0 Å². The smallest absolute Gasteiger partial charge is 0.237 e. The van der Waals surface area contributed by atoms with Crippen molar-refractivity contribution in [3.63, 3.8) is 0 Å². The number of rotatable bonds is 1. The highest BCUT2D eigenvalue weighted by Gasteiger charge is 2.21. The van der Waals surface area contributed by atoms with E-state index in [2.05, 4.69) is 24.1 Å². The van der Waals surface area contributed by atoms with Crippen molar-refractivity contribution < 1.29 is 9.84 Å². The number of fused-ring (bicyclic) bond motifs is 1. The molecule has 2 heterocycles. The van der Waals surface area contributed by atoms with Crippen LogP contribution in [-0.2, 0) is 0 Å². The average molecular weight is 194 g/mol. The van der Waals surface area contributed by atoms with Crippen molar-refractivity contribution in [3.8, 4) is 5.88 Å². The molecule has 0 fully saturated rings. The first-order valence-corrected chi connectivity index (χ1v) is 4.75. The van der Waals surface area contributed by atoms with Gasteiger partial charge in [-0.15, -0.1) is 0 Å². The standard InChI is InChI=1S/C10H14N2O2/c1-6(2)7-3-4-11-10-9(7)12-8(13)5-14-10/h3-4,6,8,12-13H,5H2,1-2H3. The van der Waals surface area contributed by atoms with Crippen LogP contribution >= 0.6 is 0 Å². The Labute approximate surface area is 82.9 Å². The Hall–Kier alpha value is -1.29. The first-order chi connectivity index (χ1) is 6.68. The summed E-state index contributed by atoms with van der Waals surface area (Å²) < 4.78 is 5.30. The Balaban J connectivity index is 2.43. The molecule has 2 rings (SSSR count). The summed E-state index contributed by atoms with van der Waals surface area (Å²) in [4.78, 5) is 4.10. The molecule has 76 valence electrons. The van der Waals surface area contributed by atoms with Gasteiger partial charge in [-0.2, -0.15) is 0 Å². The van der Waals surface area contributed by atoms with Gasteiger partial charge >= 0.3 is 0 Å². The largest absolute Gasteiger partial charge is 0.471 e. The van der Waals surface area contributed by atoms with Crippen LogP contribution in [0.15, 0.2) is 12.3 Å². The van der Waals surface area contributed by atoms with Gasteiger partial charge in [-0.25, -0.2) is 4.98 Å². The highest BCUT2D eigenvalue weighted by molar-refractivity contribution is 5.61. The molecule has 0 radical (unpaired) electrons. The van der Waals surface area contributed by atoms with Gasteiger partial charge in [0.2, 0.25) is 5.88 Å². The summed E-state index contributed by atoms with van der Waals surface area (Å²) in [6.45, 7) is 4.44. The molecule has 0 bridgehead atoms. The van der Waals surface area contributed by atoms with E-state index in [9.17, 15) is 5.11 Å². The molecule has 1 unspecified atom stereocenters. The summed E-state index contributed by atoms with van der Waals surface area (Å²) in [7, 11) is 0. The molecule has 0 aromatic carbocycles. The third-order valence-electron chi connectivity index (χ3n) is 2.26. The number of aromatic nitrogens is 1. The molecule has 0 spiro atoms. The number of pyridine rings is 1. The lowest BCUT2D eigenvalue weighted by Gasteiger charge is -2.25. The second-order valence-electron chi connectivity index (χ2n) is 3.71. The van der Waals surface area contributed by atoms with E-state index in [1.54, 1.807) is 6.20 Å². The molecule has 0 aliphatic carbocycles. The lowest BCUT2D eigenvalue weighted by Crippen LogP contribution is -2.32. The molecule has 1 aromatic heterocycles. The molecule has 0 saturated heterocycles. The van der Waals surface area contributed by atoms with Gasteiger partial charge in [-0.05, 0) is 17.5 Å². The predicted octanol–water partition coefficient (Wildman–Crippen LogP) is 1.33. The van der Waals surface area contributed by atoms with E-state index in [-0.39, 0.29) is 6.61 Å². The number of nitrogens with one attached hydrogen (secondary N) is 1. The summed E-state index contributed by atoms with van der Waals surface area (Å²) >= 11 is 0. The highest BCUT2D eigenvalue weighted by atomic mass is 16.5. The number of ether oxygens (including phenoxy) is 1. The van der Waals surface area contributed by atoms with Crippen molar-refractivity contribution in [1.82, 2.24) is 4.98 Å². The Morgan fingerprint density at radius 3 is 3.14 bits per heavy atom. The van der Waals surface area contributed by atoms with Crippen LogP contribution in [0.5, 0.6) is 5.88 Å². The van der Waals surface area contributed by atoms with Crippen molar-refractivity contribution in [2.45, 2.75) is 26.0 Å². The maximum absolute atomic E-state index is 9.40. The Bertz CT molecular complexity index is 339. The topological polar surface area (TPSA) is 54.4 Å². The van der Waals surface area contributed by atoms with E-state index < -0.39 is 6.23 Å². The lowest BCUT2D eigenvalue weighted by atomic mass is 10.0. The number of hydrogen-bond donors (Lipinski definition) is 2. The molecule has 14 heavy (non-hydrogen) atoms. The molecular weight excluding hydrogens is 180 g/mol. The minimum Gasteiger partial charge on any atom is -0.471 e. The second kappa shape index (κ2) is 3.46. The predicted molar refractivity (Wildman–Crippen MR) is 53.5 cm³/mol. The average Bonchev–Trinajstić information content (AvgIpc) is 2.16. The van der Waals surface area contributed by atoms with Crippen molar-refractivity contribution in [3.05, 3.63) is 17.8 Å². The molecule has 0 saturated carbocycles. The van der Waals surface area contributed by atoms with Crippen LogP contribution < -0.4 is 10.1 Å². The van der Waals surface area contributed by atoms with Crippen molar-refractivity contribution in [2.24, 2.45) is 0 Å². The first kappa shape index (κ1) is 9.27. The highest BCUT2D eigenvalue weighted by Crippen LogP contribution is 2.33. The van der Waals surface area contributed by atoms with Crippen LogP contribution in [0, 0.1) is 0 Å². The molecule has 1 atom stereocenters. The molecule has 4 nitrogen and oxygen atoms in total. The number of hydrogen-bond acceptors (Lipinski definition) is 4. The van der Waals surface area contributed by atoms with Gasteiger partial charge in [0.05, 0.1) is 0 Å². The minimum absolute atomic E-state index is 0.252. The monoisotopic (exact) mass is 194 g/mol. The fourth-order valence-electron chi connectivity index (χ4n) is 1.56. The van der Waals surface area contributed by atoms with Gasteiger partial charge in [0, 0.05) is 6.20 Å². The van der Waals surface area contributed by atoms with E-state index in [0.29, 0.717) is 11.8 Å². The first-order valence-electron chi connectivity index (χ1n) is 4.75. The summed E-state index contributed by atoms with van der Waals surface area (Å²) in [5.41, 5.74) is 1.94. The van der Waals surface area contributed by atoms with Crippen LogP contribution in [0.2, 0.25) is 0 Å². The number of anilines is 1. The van der Waals surface area contributed by atoms with Gasteiger partial charge in [-0.1, -0.05) is 13.8 Å². The summed E-state index contributed by atoms with van der Waals surface area (Å²) in [6.07, 6.45) is 1.09. The SMILES string of the molecule is CC(C)c1ccnc2c1NC(O)CO2. The maximum atomic E-state index is 9.40. The van der Waals surface area contributed by atoms with E-state index >= 15 is 0 Å². The van der Waals surface area contributed by atoms with Gasteiger partial charge in [0.25, 0.3) is 0 Å². The summed E-state index contributed by atoms with van der Waals surface area (Å²) in [5.74, 6) is 0.967. The van der Waals surface area contributed by atoms with Crippen LogP contribution in [0.3, 0.4) is 0 Å². The molecule has 4 heteroatoms. The second-order valence-corrected chi connectivity index (χ2v) is 3.71. The number of nitrogens with zero attached hydrogens (tertiary/aromatic N) is 1. The van der Waals surface area contributed by atoms with Crippen LogP contribution in [0.4, 0.5) is 5.69 Å². The molecule has 0 amide bonds. The van der Waals surface area contributed by atoms with E-state index in [4.69, 9.17) is 4.74 Å². The molecule has 2 N–H and O–H groups in total. The zero-order chi connectivity index (χ0) is 10.1. The number of aliphatic hydroxyl groups excluding tert-OH is 1. The Kier molecular flexibility index (Phi) is 2.29. The fourth-order valence-corrected chi connectivity index (χ4v) is 1.56. The molecular formula is C10H14N2O2. The molecule has 1 aliphatic heterocycles. The summed E-state index contributed by atoms with van der Waals surface area (Å²) in [6, 6.07) is 1.94. The zero-order valence-corrected chi connectivity index (χ0v) is 8.32. The third-order valence-corrected chi connectivity index (χ3v) is 2.26. The maximum Gasteiger partial charge on any atom is 0.237 e. The lowest BCUT2D eigenvalue weighted by molar-refractivity contribution is 0.116. The van der Waals surface area contributed by atoms with Crippen LogP contribution in [-0.4, -0.2) is 22.9 Å². The van der Waals surface area contributed by atoms with Crippen LogP contribution in [0.25, 0.3) is 0 Å². The summed E-state index contributed by atoms with van der Waals surface area (Å²) in [5, 5.41) is 12.4. The number of aliphatic hydroxyl groups is 1.